The lowest BCUT2D eigenvalue weighted by molar-refractivity contribution is -0.140. The summed E-state index contributed by atoms with van der Waals surface area (Å²) < 4.78 is 51.1. The van der Waals surface area contributed by atoms with Crippen LogP contribution in [0.4, 0.5) is 35.7 Å². The number of cyclic esters (lactones) is 1. The molecule has 0 aliphatic carbocycles. The third-order valence-electron chi connectivity index (χ3n) is 4.70. The van der Waals surface area contributed by atoms with Crippen molar-refractivity contribution in [3.63, 3.8) is 0 Å². The second kappa shape index (κ2) is 8.11. The summed E-state index contributed by atoms with van der Waals surface area (Å²) in [4.78, 5) is 30.7. The number of alkyl halides is 3. The Morgan fingerprint density at radius 3 is 2.61 bits per heavy atom. The standard InChI is InChI=1S/C17H18F3N7O4/c18-17(19,20)13-10(6-22-14(21)25-13)11-5-12(27-7-9(8-28)31-16(27)29)24-15(23-11)26-1-3-30-4-2-26/h5-6,9,28H,1-4,7-8H2,(H2,21,22,25). The van der Waals surface area contributed by atoms with Crippen molar-refractivity contribution in [1.82, 2.24) is 19.9 Å². The Kier molecular flexibility index (Phi) is 5.49. The molecule has 2 aliphatic rings. The van der Waals surface area contributed by atoms with E-state index in [-0.39, 0.29) is 24.0 Å². The summed E-state index contributed by atoms with van der Waals surface area (Å²) in [6.07, 6.45) is -5.44. The molecule has 4 rings (SSSR count). The van der Waals surface area contributed by atoms with Crippen LogP contribution in [0, 0.1) is 0 Å². The zero-order valence-electron chi connectivity index (χ0n) is 16.0. The lowest BCUT2D eigenvalue weighted by Crippen LogP contribution is -2.38. The minimum absolute atomic E-state index is 0.0152. The molecule has 0 radical (unpaired) electrons. The van der Waals surface area contributed by atoms with Crippen LogP contribution in [0.25, 0.3) is 11.3 Å². The molecular weight excluding hydrogens is 423 g/mol. The fourth-order valence-corrected chi connectivity index (χ4v) is 3.21. The molecule has 11 nitrogen and oxygen atoms in total. The summed E-state index contributed by atoms with van der Waals surface area (Å²) in [6.45, 7) is 1.19. The molecule has 1 unspecified atom stereocenters. The van der Waals surface area contributed by atoms with Crippen molar-refractivity contribution in [2.24, 2.45) is 0 Å². The molecule has 0 saturated carbocycles. The van der Waals surface area contributed by atoms with Crippen LogP contribution >= 0.6 is 0 Å². The number of halogens is 3. The van der Waals surface area contributed by atoms with E-state index in [1.54, 1.807) is 4.90 Å². The number of aliphatic hydroxyl groups is 1. The zero-order chi connectivity index (χ0) is 22.2. The van der Waals surface area contributed by atoms with E-state index in [2.05, 4.69) is 19.9 Å². The number of ether oxygens (including phenoxy) is 2. The lowest BCUT2D eigenvalue weighted by atomic mass is 10.1. The molecule has 1 atom stereocenters. The van der Waals surface area contributed by atoms with E-state index in [9.17, 15) is 23.1 Å². The van der Waals surface area contributed by atoms with Crippen molar-refractivity contribution >= 4 is 23.8 Å². The van der Waals surface area contributed by atoms with Crippen LogP contribution in [0.2, 0.25) is 0 Å². The number of carbonyl (C=O) groups is 1. The van der Waals surface area contributed by atoms with Gasteiger partial charge >= 0.3 is 12.3 Å². The van der Waals surface area contributed by atoms with Crippen LogP contribution < -0.4 is 15.5 Å². The Morgan fingerprint density at radius 1 is 1.23 bits per heavy atom. The summed E-state index contributed by atoms with van der Waals surface area (Å²) in [5, 5.41) is 9.28. The Labute approximate surface area is 173 Å². The van der Waals surface area contributed by atoms with Crippen molar-refractivity contribution < 1.29 is 32.5 Å². The summed E-state index contributed by atoms with van der Waals surface area (Å²) in [5.74, 6) is -0.397. The van der Waals surface area contributed by atoms with Gasteiger partial charge < -0.3 is 25.2 Å². The highest BCUT2D eigenvalue weighted by Crippen LogP contribution is 2.36. The van der Waals surface area contributed by atoms with Gasteiger partial charge in [0.25, 0.3) is 0 Å². The molecule has 31 heavy (non-hydrogen) atoms. The normalized spacial score (nSPS) is 19.6. The maximum absolute atomic E-state index is 13.6. The number of nitrogens with two attached hydrogens (primary N) is 1. The summed E-state index contributed by atoms with van der Waals surface area (Å²) in [5.41, 5.74) is 3.55. The number of aliphatic hydroxyl groups excluding tert-OH is 1. The molecule has 2 saturated heterocycles. The fourth-order valence-electron chi connectivity index (χ4n) is 3.21. The monoisotopic (exact) mass is 441 g/mol. The molecule has 3 N–H and O–H groups in total. The number of hydrogen-bond acceptors (Lipinski definition) is 10. The Morgan fingerprint density at radius 2 is 1.97 bits per heavy atom. The first kappa shape index (κ1) is 21.0. The molecule has 0 aromatic carbocycles. The number of carbonyl (C=O) groups excluding carboxylic acids is 1. The van der Waals surface area contributed by atoms with Crippen LogP contribution in [0.5, 0.6) is 0 Å². The average molecular weight is 441 g/mol. The number of anilines is 3. The number of aromatic nitrogens is 4. The van der Waals surface area contributed by atoms with E-state index in [4.69, 9.17) is 15.2 Å². The highest BCUT2D eigenvalue weighted by atomic mass is 19.4. The van der Waals surface area contributed by atoms with E-state index in [1.807, 2.05) is 0 Å². The molecule has 0 spiro atoms. The van der Waals surface area contributed by atoms with Crippen molar-refractivity contribution in [1.29, 1.82) is 0 Å². The van der Waals surface area contributed by atoms with Gasteiger partial charge in [0.15, 0.2) is 5.69 Å². The number of rotatable bonds is 4. The van der Waals surface area contributed by atoms with Crippen molar-refractivity contribution in [2.75, 3.05) is 55.0 Å². The Bertz CT molecular complexity index is 985. The van der Waals surface area contributed by atoms with Crippen molar-refractivity contribution in [3.8, 4) is 11.3 Å². The number of nitrogen functional groups attached to an aromatic ring is 1. The van der Waals surface area contributed by atoms with Crippen LogP contribution in [-0.4, -0.2) is 76.7 Å². The molecule has 4 heterocycles. The van der Waals surface area contributed by atoms with Gasteiger partial charge in [-0.05, 0) is 0 Å². The molecule has 2 aliphatic heterocycles. The zero-order valence-corrected chi connectivity index (χ0v) is 16.0. The van der Waals surface area contributed by atoms with Crippen molar-refractivity contribution in [2.45, 2.75) is 12.3 Å². The van der Waals surface area contributed by atoms with Crippen molar-refractivity contribution in [3.05, 3.63) is 18.0 Å². The van der Waals surface area contributed by atoms with Gasteiger partial charge in [0.2, 0.25) is 11.9 Å². The SMILES string of the molecule is Nc1ncc(-c2cc(N3CC(CO)OC3=O)nc(N3CCOCC3)n2)c(C(F)(F)F)n1. The topological polar surface area (TPSA) is 140 Å². The molecular formula is C17H18F3N7O4. The molecule has 1 amide bonds. The minimum Gasteiger partial charge on any atom is -0.441 e. The Hall–Kier alpha value is -3.26. The number of morpholine rings is 1. The van der Waals surface area contributed by atoms with Gasteiger partial charge in [0, 0.05) is 30.9 Å². The first-order valence-electron chi connectivity index (χ1n) is 9.27. The van der Waals surface area contributed by atoms with Gasteiger partial charge in [-0.2, -0.15) is 18.2 Å². The smallest absolute Gasteiger partial charge is 0.434 e. The van der Waals surface area contributed by atoms with Crippen LogP contribution in [0.15, 0.2) is 12.3 Å². The predicted octanol–water partition coefficient (Wildman–Crippen LogP) is 0.689. The fraction of sp³-hybridized carbons (Fsp3) is 0.471. The first-order chi connectivity index (χ1) is 14.8. The number of amides is 1. The largest absolute Gasteiger partial charge is 0.441 e. The first-order valence-corrected chi connectivity index (χ1v) is 9.27. The van der Waals surface area contributed by atoms with E-state index < -0.39 is 42.2 Å². The number of nitrogens with zero attached hydrogens (tertiary/aromatic N) is 6. The highest BCUT2D eigenvalue weighted by Gasteiger charge is 2.38. The maximum Gasteiger partial charge on any atom is 0.434 e. The van der Waals surface area contributed by atoms with E-state index in [0.717, 1.165) is 11.1 Å². The molecule has 2 fully saturated rings. The maximum atomic E-state index is 13.6. The van der Waals surface area contributed by atoms with E-state index >= 15 is 0 Å². The Balaban J connectivity index is 1.84. The minimum atomic E-state index is -4.81. The average Bonchev–Trinajstić information content (AvgIpc) is 3.14. The second-order valence-electron chi connectivity index (χ2n) is 6.80. The quantitative estimate of drug-likeness (QED) is 0.696. The van der Waals surface area contributed by atoms with Gasteiger partial charge in [-0.1, -0.05) is 0 Å². The van der Waals surface area contributed by atoms with Crippen LogP contribution in [0.3, 0.4) is 0 Å². The highest BCUT2D eigenvalue weighted by molar-refractivity contribution is 5.89. The molecule has 0 bridgehead atoms. The third-order valence-corrected chi connectivity index (χ3v) is 4.70. The molecule has 2 aromatic rings. The van der Waals surface area contributed by atoms with Gasteiger partial charge in [0.1, 0.15) is 11.9 Å². The van der Waals surface area contributed by atoms with Crippen LogP contribution in [-0.2, 0) is 15.7 Å². The van der Waals surface area contributed by atoms with Gasteiger partial charge in [-0.25, -0.2) is 19.7 Å². The van der Waals surface area contributed by atoms with Gasteiger partial charge in [0.05, 0.1) is 32.1 Å². The van der Waals surface area contributed by atoms with E-state index in [0.29, 0.717) is 26.3 Å². The summed E-state index contributed by atoms with van der Waals surface area (Å²) >= 11 is 0. The van der Waals surface area contributed by atoms with Gasteiger partial charge in [-0.15, -0.1) is 0 Å². The second-order valence-corrected chi connectivity index (χ2v) is 6.80. The molecule has 2 aromatic heterocycles. The van der Waals surface area contributed by atoms with Crippen LogP contribution in [0.1, 0.15) is 5.69 Å². The summed E-state index contributed by atoms with van der Waals surface area (Å²) in [6, 6.07) is 1.22. The number of hydrogen-bond donors (Lipinski definition) is 2. The summed E-state index contributed by atoms with van der Waals surface area (Å²) in [7, 11) is 0. The van der Waals surface area contributed by atoms with E-state index in [1.165, 1.54) is 6.07 Å². The predicted molar refractivity (Wildman–Crippen MR) is 100 cm³/mol. The van der Waals surface area contributed by atoms with Gasteiger partial charge in [-0.3, -0.25) is 4.90 Å². The molecule has 166 valence electrons. The third kappa shape index (κ3) is 4.29. The molecule has 14 heteroatoms. The lowest BCUT2D eigenvalue weighted by Gasteiger charge is -2.28.